The van der Waals surface area contributed by atoms with E-state index in [4.69, 9.17) is 0 Å². The van der Waals surface area contributed by atoms with Gasteiger partial charge in [0.05, 0.1) is 5.69 Å². The minimum absolute atomic E-state index is 0.378. The first-order valence-corrected chi connectivity index (χ1v) is 20.6. The van der Waals surface area contributed by atoms with Gasteiger partial charge in [-0.3, -0.25) is 0 Å². The van der Waals surface area contributed by atoms with Crippen LogP contribution < -0.4 is 4.90 Å². The molecular weight excluding hydrogens is 675 g/mol. The SMILES string of the molecule is c1ccc(-c2ccc(-c3ccc(N(c4ccccc4)c4ccccc4-c4cccc5cccc(C67CC8CC9CC(C6)C987)c45)cc3)cc2-c2ccccc2)cc1. The van der Waals surface area contributed by atoms with Crippen molar-refractivity contribution < 1.29 is 0 Å². The van der Waals surface area contributed by atoms with Gasteiger partial charge in [-0.05, 0) is 141 Å². The summed E-state index contributed by atoms with van der Waals surface area (Å²) in [6.07, 6.45) is 5.74. The van der Waals surface area contributed by atoms with E-state index in [2.05, 4.69) is 199 Å². The molecule has 2 atom stereocenters. The van der Waals surface area contributed by atoms with Crippen LogP contribution >= 0.6 is 0 Å². The quantitative estimate of drug-likeness (QED) is 0.151. The molecule has 1 heteroatoms. The fourth-order valence-electron chi connectivity index (χ4n) is 12.5. The number of hydrogen-bond acceptors (Lipinski definition) is 1. The molecule has 0 aliphatic heterocycles. The van der Waals surface area contributed by atoms with Crippen LogP contribution in [0.4, 0.5) is 17.1 Å². The van der Waals surface area contributed by atoms with Gasteiger partial charge in [0.15, 0.2) is 0 Å². The van der Waals surface area contributed by atoms with Crippen molar-refractivity contribution in [1.29, 1.82) is 0 Å². The molecule has 4 fully saturated rings. The minimum Gasteiger partial charge on any atom is -0.310 e. The molecule has 2 unspecified atom stereocenters. The molecular formula is C55H43N. The van der Waals surface area contributed by atoms with Crippen molar-refractivity contribution >= 4 is 27.8 Å². The molecule has 0 bridgehead atoms. The van der Waals surface area contributed by atoms with Crippen molar-refractivity contribution in [3.63, 3.8) is 0 Å². The maximum absolute atomic E-state index is 2.51. The zero-order chi connectivity index (χ0) is 36.8. The Morgan fingerprint density at radius 2 is 0.964 bits per heavy atom. The Balaban J connectivity index is 0.971. The van der Waals surface area contributed by atoms with Gasteiger partial charge in [0.25, 0.3) is 0 Å². The average Bonchev–Trinajstić information content (AvgIpc) is 3.24. The molecule has 8 aromatic rings. The fraction of sp³-hybridized carbons (Fsp3) is 0.164. The van der Waals surface area contributed by atoms with E-state index in [1.165, 1.54) is 86.7 Å². The molecule has 0 heterocycles. The first-order chi connectivity index (χ1) is 27.7. The van der Waals surface area contributed by atoms with Gasteiger partial charge in [-0.25, -0.2) is 0 Å². The zero-order valence-corrected chi connectivity index (χ0v) is 31.5. The second-order valence-electron chi connectivity index (χ2n) is 16.9. The topological polar surface area (TPSA) is 3.24 Å². The molecule has 0 amide bonds. The molecule has 268 valence electrons. The largest absolute Gasteiger partial charge is 0.310 e. The predicted molar refractivity (Wildman–Crippen MR) is 233 cm³/mol. The van der Waals surface area contributed by atoms with E-state index >= 15 is 0 Å². The molecule has 4 aliphatic rings. The number of anilines is 3. The second kappa shape index (κ2) is 12.2. The molecule has 8 aromatic carbocycles. The Morgan fingerprint density at radius 1 is 0.393 bits per heavy atom. The van der Waals surface area contributed by atoms with Crippen LogP contribution in [0, 0.1) is 23.2 Å². The Kier molecular flexibility index (Phi) is 6.97. The molecule has 56 heavy (non-hydrogen) atoms. The molecule has 0 radical (unpaired) electrons. The van der Waals surface area contributed by atoms with Gasteiger partial charge in [0.1, 0.15) is 0 Å². The summed E-state index contributed by atoms with van der Waals surface area (Å²) in [5.74, 6) is 2.91. The fourth-order valence-corrected chi connectivity index (χ4v) is 12.5. The van der Waals surface area contributed by atoms with E-state index < -0.39 is 0 Å². The molecule has 1 nitrogen and oxygen atoms in total. The van der Waals surface area contributed by atoms with E-state index in [-0.39, 0.29) is 0 Å². The molecule has 4 aliphatic carbocycles. The number of nitrogens with zero attached hydrogens (tertiary/aromatic N) is 1. The number of hydrogen-bond donors (Lipinski definition) is 0. The summed E-state index contributed by atoms with van der Waals surface area (Å²) in [5, 5.41) is 2.84. The van der Waals surface area contributed by atoms with Crippen molar-refractivity contribution in [3.05, 3.63) is 200 Å². The van der Waals surface area contributed by atoms with Crippen LogP contribution in [0.5, 0.6) is 0 Å². The van der Waals surface area contributed by atoms with Crippen molar-refractivity contribution in [2.45, 2.75) is 31.1 Å². The van der Waals surface area contributed by atoms with Crippen LogP contribution in [-0.2, 0) is 5.41 Å². The highest BCUT2D eigenvalue weighted by molar-refractivity contribution is 6.04. The van der Waals surface area contributed by atoms with E-state index in [0.29, 0.717) is 10.8 Å². The zero-order valence-electron chi connectivity index (χ0n) is 31.5. The molecule has 0 N–H and O–H groups in total. The number of fused-ring (bicyclic) bond motifs is 1. The van der Waals surface area contributed by atoms with Gasteiger partial charge >= 0.3 is 0 Å². The lowest BCUT2D eigenvalue weighted by molar-refractivity contribution is -0.394. The highest BCUT2D eigenvalue weighted by atomic mass is 15.1. The molecule has 1 spiro atoms. The smallest absolute Gasteiger partial charge is 0.0540 e. The van der Waals surface area contributed by atoms with Crippen LogP contribution in [0.2, 0.25) is 0 Å². The Morgan fingerprint density at radius 3 is 1.64 bits per heavy atom. The van der Waals surface area contributed by atoms with Gasteiger partial charge in [-0.15, -0.1) is 0 Å². The highest BCUT2D eigenvalue weighted by Gasteiger charge is 2.87. The van der Waals surface area contributed by atoms with Gasteiger partial charge in [-0.2, -0.15) is 0 Å². The van der Waals surface area contributed by atoms with E-state index in [1.807, 2.05) is 0 Å². The standard InChI is InChI=1S/C55H43N/c1-4-14-38(15-5-1)47-31-28-41(32-50(47)39-16-6-2-7-17-39)37-26-29-46(30-27-37)56(45-20-8-3-9-21-45)52-25-11-10-22-48(52)49-23-12-18-40-19-13-24-51(53(40)49)54-35-43-33-42-34-44(36-54)55(42,43)54/h1-32,42-44H,33-36H2. The van der Waals surface area contributed by atoms with Crippen LogP contribution in [0.15, 0.2) is 194 Å². The van der Waals surface area contributed by atoms with Crippen molar-refractivity contribution in [2.24, 2.45) is 23.2 Å². The summed E-state index contributed by atoms with van der Waals surface area (Å²) < 4.78 is 0. The maximum Gasteiger partial charge on any atom is 0.0540 e. The van der Waals surface area contributed by atoms with E-state index in [9.17, 15) is 0 Å². The second-order valence-corrected chi connectivity index (χ2v) is 16.9. The third kappa shape index (κ3) is 4.37. The molecule has 0 aromatic heterocycles. The van der Waals surface area contributed by atoms with E-state index in [0.717, 1.165) is 29.1 Å². The third-order valence-corrected chi connectivity index (χ3v) is 14.7. The molecule has 4 saturated carbocycles. The van der Waals surface area contributed by atoms with Crippen LogP contribution in [-0.4, -0.2) is 0 Å². The van der Waals surface area contributed by atoms with Crippen LogP contribution in [0.1, 0.15) is 31.2 Å². The van der Waals surface area contributed by atoms with Crippen molar-refractivity contribution in [1.82, 2.24) is 0 Å². The van der Waals surface area contributed by atoms with E-state index in [1.54, 1.807) is 5.56 Å². The van der Waals surface area contributed by atoms with Gasteiger partial charge in [0.2, 0.25) is 0 Å². The first kappa shape index (κ1) is 32.1. The van der Waals surface area contributed by atoms with Gasteiger partial charge in [-0.1, -0.05) is 158 Å². The summed E-state index contributed by atoms with van der Waals surface area (Å²) in [4.78, 5) is 2.46. The predicted octanol–water partition coefficient (Wildman–Crippen LogP) is 14.7. The van der Waals surface area contributed by atoms with Crippen LogP contribution in [0.25, 0.3) is 55.3 Å². The van der Waals surface area contributed by atoms with Gasteiger partial charge in [0, 0.05) is 22.4 Å². The molecule has 0 saturated heterocycles. The third-order valence-electron chi connectivity index (χ3n) is 14.7. The summed E-state index contributed by atoms with van der Waals surface area (Å²) in [7, 11) is 0. The summed E-state index contributed by atoms with van der Waals surface area (Å²) in [5.41, 5.74) is 16.1. The lowest BCUT2D eigenvalue weighted by Gasteiger charge is -2.91. The normalized spacial score (nSPS) is 23.8. The average molecular weight is 718 g/mol. The Bertz CT molecular complexity index is 2740. The highest BCUT2D eigenvalue weighted by Crippen LogP contribution is 2.93. The monoisotopic (exact) mass is 717 g/mol. The lowest BCUT2D eigenvalue weighted by Crippen LogP contribution is -2.87. The van der Waals surface area contributed by atoms with Crippen molar-refractivity contribution in [2.75, 3.05) is 4.90 Å². The molecule has 12 rings (SSSR count). The Hall–Kier alpha value is -6.18. The van der Waals surface area contributed by atoms with Crippen LogP contribution in [0.3, 0.4) is 0 Å². The lowest BCUT2D eigenvalue weighted by atomic mass is 9.12. The first-order valence-electron chi connectivity index (χ1n) is 20.6. The van der Waals surface area contributed by atoms with Gasteiger partial charge < -0.3 is 4.90 Å². The van der Waals surface area contributed by atoms with Crippen molar-refractivity contribution in [3.8, 4) is 44.5 Å². The number of benzene rings is 8. The number of rotatable bonds is 8. The Labute approximate surface area is 329 Å². The summed E-state index contributed by atoms with van der Waals surface area (Å²) >= 11 is 0. The summed E-state index contributed by atoms with van der Waals surface area (Å²) in [6.45, 7) is 0. The summed E-state index contributed by atoms with van der Waals surface area (Å²) in [6, 6.07) is 71.8. The maximum atomic E-state index is 2.51. The number of para-hydroxylation sites is 2. The minimum atomic E-state index is 0.378.